The van der Waals surface area contributed by atoms with Crippen LogP contribution in [0.25, 0.3) is 0 Å². The van der Waals surface area contributed by atoms with Gasteiger partial charge in [0.25, 0.3) is 0 Å². The van der Waals surface area contributed by atoms with Crippen molar-refractivity contribution in [2.45, 2.75) is 11.7 Å². The summed E-state index contributed by atoms with van der Waals surface area (Å²) < 4.78 is 0. The highest BCUT2D eigenvalue weighted by Crippen LogP contribution is 2.28. The van der Waals surface area contributed by atoms with Crippen molar-refractivity contribution >= 4 is 40.1 Å². The lowest BCUT2D eigenvalue weighted by molar-refractivity contribution is -0.127. The molecule has 7 heteroatoms. The molecule has 1 aliphatic heterocycles. The van der Waals surface area contributed by atoms with Gasteiger partial charge >= 0.3 is 0 Å². The smallest absolute Gasteiger partial charge is 0.242 e. The zero-order valence-corrected chi connectivity index (χ0v) is 14.0. The number of nitrogens with zero attached hydrogens (tertiary/aromatic N) is 3. The number of anilines is 2. The summed E-state index contributed by atoms with van der Waals surface area (Å²) in [5, 5.41) is 3.07. The molecule has 22 heavy (non-hydrogen) atoms. The molecule has 2 rings (SSSR count). The summed E-state index contributed by atoms with van der Waals surface area (Å²) in [4.78, 5) is 31.6. The lowest BCUT2D eigenvalue weighted by Crippen LogP contribution is -2.30. The molecule has 1 atom stereocenters. The Bertz CT molecular complexity index is 598. The molecule has 1 N–H and O–H groups in total. The van der Waals surface area contributed by atoms with Crippen LogP contribution in [0.4, 0.5) is 11.4 Å². The van der Waals surface area contributed by atoms with E-state index < -0.39 is 5.25 Å². The first-order chi connectivity index (χ1) is 10.4. The molecule has 0 aromatic heterocycles. The quantitative estimate of drug-likeness (QED) is 0.916. The van der Waals surface area contributed by atoms with Crippen molar-refractivity contribution in [2.24, 2.45) is 4.99 Å². The largest absolute Gasteiger partial charge is 0.378 e. The number of aliphatic imine (C=N–C) groups is 1. The lowest BCUT2D eigenvalue weighted by atomic mass is 10.2. The fourth-order valence-corrected chi connectivity index (χ4v) is 3.22. The van der Waals surface area contributed by atoms with Gasteiger partial charge in [0.15, 0.2) is 5.17 Å². The van der Waals surface area contributed by atoms with Crippen molar-refractivity contribution in [3.63, 3.8) is 0 Å². The minimum atomic E-state index is -0.398. The molecule has 0 spiro atoms. The minimum Gasteiger partial charge on any atom is -0.378 e. The summed E-state index contributed by atoms with van der Waals surface area (Å²) in [7, 11) is 7.23. The summed E-state index contributed by atoms with van der Waals surface area (Å²) in [6, 6.07) is 7.56. The molecule has 1 fully saturated rings. The van der Waals surface area contributed by atoms with E-state index in [0.29, 0.717) is 5.17 Å². The van der Waals surface area contributed by atoms with E-state index in [9.17, 15) is 9.59 Å². The van der Waals surface area contributed by atoms with Crippen molar-refractivity contribution in [1.82, 2.24) is 4.90 Å². The van der Waals surface area contributed by atoms with Gasteiger partial charge in [0, 0.05) is 46.0 Å². The van der Waals surface area contributed by atoms with E-state index in [1.54, 1.807) is 14.1 Å². The van der Waals surface area contributed by atoms with Gasteiger partial charge in [-0.05, 0) is 24.3 Å². The zero-order chi connectivity index (χ0) is 16.3. The topological polar surface area (TPSA) is 65.0 Å². The van der Waals surface area contributed by atoms with Crippen LogP contribution < -0.4 is 10.2 Å². The van der Waals surface area contributed by atoms with Gasteiger partial charge in [0.2, 0.25) is 11.8 Å². The Labute approximate surface area is 134 Å². The number of amides is 2. The van der Waals surface area contributed by atoms with Gasteiger partial charge in [-0.2, -0.15) is 0 Å². The molecule has 0 radical (unpaired) electrons. The Morgan fingerprint density at radius 3 is 2.50 bits per heavy atom. The van der Waals surface area contributed by atoms with Gasteiger partial charge in [-0.15, -0.1) is 0 Å². The van der Waals surface area contributed by atoms with Crippen molar-refractivity contribution in [1.29, 1.82) is 0 Å². The normalized spacial score (nSPS) is 19.6. The molecule has 1 heterocycles. The number of rotatable bonds is 4. The van der Waals surface area contributed by atoms with Crippen LogP contribution in [0.1, 0.15) is 6.42 Å². The number of thioether (sulfide) groups is 1. The Hall–Kier alpha value is -2.02. The summed E-state index contributed by atoms with van der Waals surface area (Å²) in [5.41, 5.74) is 1.79. The van der Waals surface area contributed by atoms with Gasteiger partial charge in [0.1, 0.15) is 5.25 Å². The number of carbonyl (C=O) groups is 2. The monoisotopic (exact) mass is 320 g/mol. The van der Waals surface area contributed by atoms with Crippen molar-refractivity contribution in [3.05, 3.63) is 24.3 Å². The summed E-state index contributed by atoms with van der Waals surface area (Å²) >= 11 is 1.33. The number of hydrogen-bond acceptors (Lipinski definition) is 5. The molecule has 6 nitrogen and oxygen atoms in total. The van der Waals surface area contributed by atoms with E-state index in [1.165, 1.54) is 16.7 Å². The van der Waals surface area contributed by atoms with Crippen LogP contribution >= 0.6 is 11.8 Å². The van der Waals surface area contributed by atoms with Crippen LogP contribution in [-0.2, 0) is 9.59 Å². The van der Waals surface area contributed by atoms with Crippen LogP contribution in [-0.4, -0.2) is 55.3 Å². The van der Waals surface area contributed by atoms with Crippen LogP contribution in [0.2, 0.25) is 0 Å². The molecular weight excluding hydrogens is 300 g/mol. The average Bonchev–Trinajstić information content (AvgIpc) is 2.75. The predicted molar refractivity (Wildman–Crippen MR) is 91.5 cm³/mol. The maximum Gasteiger partial charge on any atom is 0.242 e. The summed E-state index contributed by atoms with van der Waals surface area (Å²) in [5.74, 6) is -0.252. The number of hydrogen-bond donors (Lipinski definition) is 1. The van der Waals surface area contributed by atoms with Crippen LogP contribution in [0.5, 0.6) is 0 Å². The Kier molecular flexibility index (Phi) is 5.07. The molecule has 0 aliphatic carbocycles. The molecule has 0 unspecified atom stereocenters. The van der Waals surface area contributed by atoms with Crippen molar-refractivity contribution in [3.8, 4) is 0 Å². The Morgan fingerprint density at radius 2 is 2.00 bits per heavy atom. The second kappa shape index (κ2) is 6.83. The minimum absolute atomic E-state index is 0.0799. The third kappa shape index (κ3) is 3.59. The molecule has 0 saturated carbocycles. The standard InChI is InChI=1S/C15H20N4O2S/c1-16-15-19(4)14(21)12(22-15)9-13(20)17-10-5-7-11(8-6-10)18(2)3/h5-8,12H,9H2,1-4H3,(H,17,20)/t12-/m0/s1. The highest BCUT2D eigenvalue weighted by molar-refractivity contribution is 8.15. The number of benzene rings is 1. The van der Waals surface area contributed by atoms with Crippen LogP contribution in [0, 0.1) is 0 Å². The number of amidine groups is 1. The van der Waals surface area contributed by atoms with Gasteiger partial charge in [0.05, 0.1) is 0 Å². The van der Waals surface area contributed by atoms with E-state index in [-0.39, 0.29) is 18.2 Å². The SMILES string of the molecule is CN=C1S[C@@H](CC(=O)Nc2ccc(N(C)C)cc2)C(=O)N1C. The lowest BCUT2D eigenvalue weighted by Gasteiger charge is -2.13. The first-order valence-electron chi connectivity index (χ1n) is 6.90. The fraction of sp³-hybridized carbons (Fsp3) is 0.400. The summed E-state index contributed by atoms with van der Waals surface area (Å²) in [6.45, 7) is 0. The highest BCUT2D eigenvalue weighted by Gasteiger charge is 2.36. The second-order valence-electron chi connectivity index (χ2n) is 5.20. The Morgan fingerprint density at radius 1 is 1.36 bits per heavy atom. The molecule has 2 amide bonds. The van der Waals surface area contributed by atoms with Crippen LogP contribution in [0.15, 0.2) is 29.3 Å². The highest BCUT2D eigenvalue weighted by atomic mass is 32.2. The maximum atomic E-state index is 12.1. The van der Waals surface area contributed by atoms with Gasteiger partial charge < -0.3 is 10.2 Å². The summed E-state index contributed by atoms with van der Waals surface area (Å²) in [6.07, 6.45) is 0.141. The predicted octanol–water partition coefficient (Wildman–Crippen LogP) is 1.64. The second-order valence-corrected chi connectivity index (χ2v) is 6.37. The van der Waals surface area contributed by atoms with Gasteiger partial charge in [-0.1, -0.05) is 11.8 Å². The van der Waals surface area contributed by atoms with E-state index in [0.717, 1.165) is 11.4 Å². The Balaban J connectivity index is 1.95. The van der Waals surface area contributed by atoms with E-state index in [1.807, 2.05) is 43.3 Å². The molecule has 1 saturated heterocycles. The number of nitrogens with one attached hydrogen (secondary N) is 1. The van der Waals surface area contributed by atoms with Crippen LogP contribution in [0.3, 0.4) is 0 Å². The van der Waals surface area contributed by atoms with Crippen molar-refractivity contribution in [2.75, 3.05) is 38.4 Å². The maximum absolute atomic E-state index is 12.1. The molecular formula is C15H20N4O2S. The number of carbonyl (C=O) groups excluding carboxylic acids is 2. The van der Waals surface area contributed by atoms with Crippen molar-refractivity contribution < 1.29 is 9.59 Å². The van der Waals surface area contributed by atoms with Gasteiger partial charge in [-0.25, -0.2) is 0 Å². The average molecular weight is 320 g/mol. The third-order valence-electron chi connectivity index (χ3n) is 3.37. The molecule has 1 aromatic rings. The third-order valence-corrected chi connectivity index (χ3v) is 4.69. The van der Waals surface area contributed by atoms with E-state index in [2.05, 4.69) is 10.3 Å². The van der Waals surface area contributed by atoms with Gasteiger partial charge in [-0.3, -0.25) is 19.5 Å². The van der Waals surface area contributed by atoms with E-state index in [4.69, 9.17) is 0 Å². The molecule has 1 aromatic carbocycles. The molecule has 1 aliphatic rings. The zero-order valence-electron chi connectivity index (χ0n) is 13.2. The molecule has 0 bridgehead atoms. The molecule has 118 valence electrons. The first-order valence-corrected chi connectivity index (χ1v) is 7.78. The van der Waals surface area contributed by atoms with E-state index >= 15 is 0 Å². The fourth-order valence-electron chi connectivity index (χ4n) is 2.12. The first kappa shape index (κ1) is 16.4.